The summed E-state index contributed by atoms with van der Waals surface area (Å²) in [6.45, 7) is 3.69. The van der Waals surface area contributed by atoms with Crippen molar-refractivity contribution in [3.8, 4) is 0 Å². The molecule has 0 spiro atoms. The third kappa shape index (κ3) is 3.88. The lowest BCUT2D eigenvalue weighted by Gasteiger charge is -2.15. The lowest BCUT2D eigenvalue weighted by Crippen LogP contribution is -2.48. The van der Waals surface area contributed by atoms with Crippen molar-refractivity contribution in [1.82, 2.24) is 10.6 Å². The largest absolute Gasteiger partial charge is 0.382 e. The zero-order valence-corrected chi connectivity index (χ0v) is 13.3. The second-order valence-electron chi connectivity index (χ2n) is 6.22. The molecule has 0 aromatic heterocycles. The first kappa shape index (κ1) is 15.5. The molecule has 0 unspecified atom stereocenters. The fourth-order valence-electron chi connectivity index (χ4n) is 2.36. The van der Waals surface area contributed by atoms with Crippen molar-refractivity contribution in [2.75, 3.05) is 0 Å². The summed E-state index contributed by atoms with van der Waals surface area (Å²) in [5.74, 6) is -0.465. The van der Waals surface area contributed by atoms with Gasteiger partial charge in [0, 0.05) is 12.5 Å². The van der Waals surface area contributed by atoms with Gasteiger partial charge in [-0.05, 0) is 32.3 Å². The molecule has 1 saturated carbocycles. The molecule has 2 N–H and O–H groups in total. The molecule has 2 atom stereocenters. The minimum atomic E-state index is -0.678. The molecular formula is C17H21N3O3. The summed E-state index contributed by atoms with van der Waals surface area (Å²) in [7, 11) is 0. The van der Waals surface area contributed by atoms with Crippen LogP contribution in [0.4, 0.5) is 0 Å². The molecular weight excluding hydrogens is 294 g/mol. The third-order valence-corrected chi connectivity index (χ3v) is 4.02. The van der Waals surface area contributed by atoms with Crippen LogP contribution >= 0.6 is 0 Å². The van der Waals surface area contributed by atoms with Gasteiger partial charge in [0.25, 0.3) is 5.91 Å². The number of hydrogen-bond acceptors (Lipinski definition) is 4. The molecule has 1 aliphatic heterocycles. The van der Waals surface area contributed by atoms with E-state index in [2.05, 4.69) is 15.8 Å². The zero-order valence-electron chi connectivity index (χ0n) is 13.3. The van der Waals surface area contributed by atoms with Gasteiger partial charge in [0.05, 0.1) is 5.71 Å². The van der Waals surface area contributed by atoms with Crippen LogP contribution in [0.5, 0.6) is 0 Å². The van der Waals surface area contributed by atoms with Crippen LogP contribution in [0.3, 0.4) is 0 Å². The van der Waals surface area contributed by atoms with Gasteiger partial charge < -0.3 is 15.5 Å². The fourth-order valence-corrected chi connectivity index (χ4v) is 2.36. The van der Waals surface area contributed by atoms with Gasteiger partial charge in [-0.25, -0.2) is 0 Å². The van der Waals surface area contributed by atoms with E-state index >= 15 is 0 Å². The first-order valence-corrected chi connectivity index (χ1v) is 7.93. The van der Waals surface area contributed by atoms with E-state index in [0.717, 1.165) is 29.7 Å². The van der Waals surface area contributed by atoms with Crippen molar-refractivity contribution in [2.24, 2.45) is 5.16 Å². The molecule has 0 saturated heterocycles. The number of hydrogen-bond donors (Lipinski definition) is 2. The van der Waals surface area contributed by atoms with Gasteiger partial charge in [0.15, 0.2) is 0 Å². The highest BCUT2D eigenvalue weighted by Crippen LogP contribution is 2.19. The van der Waals surface area contributed by atoms with E-state index in [1.807, 2.05) is 31.2 Å². The molecule has 1 heterocycles. The predicted molar refractivity (Wildman–Crippen MR) is 86.0 cm³/mol. The average Bonchev–Trinajstić information content (AvgIpc) is 3.20. The molecule has 2 aliphatic rings. The highest BCUT2D eigenvalue weighted by molar-refractivity contribution is 6.04. The molecule has 3 rings (SSSR count). The molecule has 122 valence electrons. The van der Waals surface area contributed by atoms with Gasteiger partial charge in [-0.3, -0.25) is 9.59 Å². The zero-order chi connectivity index (χ0) is 16.4. The van der Waals surface area contributed by atoms with Gasteiger partial charge in [-0.2, -0.15) is 0 Å². The summed E-state index contributed by atoms with van der Waals surface area (Å²) < 4.78 is 0. The van der Waals surface area contributed by atoms with Crippen LogP contribution in [0.1, 0.15) is 37.3 Å². The van der Waals surface area contributed by atoms with Crippen molar-refractivity contribution < 1.29 is 14.4 Å². The smallest absolute Gasteiger partial charge is 0.264 e. The molecule has 1 aromatic rings. The van der Waals surface area contributed by atoms with Crippen molar-refractivity contribution in [3.05, 3.63) is 35.4 Å². The van der Waals surface area contributed by atoms with Crippen LogP contribution in [0, 0.1) is 6.92 Å². The lowest BCUT2D eigenvalue weighted by molar-refractivity contribution is -0.135. The second kappa shape index (κ2) is 6.40. The Kier molecular flexibility index (Phi) is 4.32. The molecule has 1 aromatic carbocycles. The maximum atomic E-state index is 12.2. The lowest BCUT2D eigenvalue weighted by atomic mass is 10.0. The Balaban J connectivity index is 1.51. The standard InChI is InChI=1S/C17H21N3O3/c1-10-3-5-12(6-4-10)14-9-15(23-20-14)17(22)18-11(2)16(21)19-13-7-8-13/h3-6,11,13,15H,7-9H2,1-2H3,(H,18,22)(H,19,21)/t11-,15-/m0/s1. The molecule has 0 bridgehead atoms. The maximum Gasteiger partial charge on any atom is 0.264 e. The fraction of sp³-hybridized carbons (Fsp3) is 0.471. The Hall–Kier alpha value is -2.37. The number of nitrogens with zero attached hydrogens (tertiary/aromatic N) is 1. The summed E-state index contributed by atoms with van der Waals surface area (Å²) in [5, 5.41) is 9.56. The highest BCUT2D eigenvalue weighted by Gasteiger charge is 2.32. The highest BCUT2D eigenvalue weighted by atomic mass is 16.6. The van der Waals surface area contributed by atoms with E-state index < -0.39 is 12.1 Å². The average molecular weight is 315 g/mol. The number of amides is 2. The number of aryl methyl sites for hydroxylation is 1. The first-order valence-electron chi connectivity index (χ1n) is 7.93. The van der Waals surface area contributed by atoms with Crippen LogP contribution in [0.2, 0.25) is 0 Å². The molecule has 2 amide bonds. The molecule has 6 nitrogen and oxygen atoms in total. The molecule has 23 heavy (non-hydrogen) atoms. The van der Waals surface area contributed by atoms with E-state index in [4.69, 9.17) is 4.84 Å². The number of nitrogens with one attached hydrogen (secondary N) is 2. The molecule has 6 heteroatoms. The quantitative estimate of drug-likeness (QED) is 0.859. The summed E-state index contributed by atoms with van der Waals surface area (Å²) >= 11 is 0. The summed E-state index contributed by atoms with van der Waals surface area (Å²) in [6, 6.07) is 7.62. The number of carbonyl (C=O) groups excluding carboxylic acids is 2. The second-order valence-corrected chi connectivity index (χ2v) is 6.22. The Bertz CT molecular complexity index is 635. The summed E-state index contributed by atoms with van der Waals surface area (Å²) in [6.07, 6.45) is 1.77. The summed E-state index contributed by atoms with van der Waals surface area (Å²) in [4.78, 5) is 29.3. The van der Waals surface area contributed by atoms with E-state index in [1.165, 1.54) is 0 Å². The SMILES string of the molecule is Cc1ccc(C2=NO[C@H](C(=O)N[C@@H](C)C(=O)NC3CC3)C2)cc1. The molecule has 1 aliphatic carbocycles. The van der Waals surface area contributed by atoms with Gasteiger partial charge in [-0.1, -0.05) is 35.0 Å². The van der Waals surface area contributed by atoms with Gasteiger partial charge in [0.2, 0.25) is 12.0 Å². The van der Waals surface area contributed by atoms with Crippen molar-refractivity contribution in [2.45, 2.75) is 51.3 Å². The van der Waals surface area contributed by atoms with Crippen molar-refractivity contribution >= 4 is 17.5 Å². The van der Waals surface area contributed by atoms with Crippen LogP contribution in [-0.2, 0) is 14.4 Å². The van der Waals surface area contributed by atoms with Gasteiger partial charge in [-0.15, -0.1) is 0 Å². The summed E-state index contributed by atoms with van der Waals surface area (Å²) in [5.41, 5.74) is 2.86. The Morgan fingerprint density at radius 1 is 1.26 bits per heavy atom. The van der Waals surface area contributed by atoms with Crippen molar-refractivity contribution in [3.63, 3.8) is 0 Å². The Morgan fingerprint density at radius 2 is 1.96 bits per heavy atom. The van der Waals surface area contributed by atoms with Crippen molar-refractivity contribution in [1.29, 1.82) is 0 Å². The minimum absolute atomic E-state index is 0.154. The van der Waals surface area contributed by atoms with E-state index in [0.29, 0.717) is 6.42 Å². The third-order valence-electron chi connectivity index (χ3n) is 4.02. The van der Waals surface area contributed by atoms with Gasteiger partial charge >= 0.3 is 0 Å². The van der Waals surface area contributed by atoms with Crippen LogP contribution in [0.25, 0.3) is 0 Å². The predicted octanol–water partition coefficient (Wildman–Crippen LogP) is 1.27. The number of oxime groups is 1. The van der Waals surface area contributed by atoms with E-state index in [1.54, 1.807) is 6.92 Å². The van der Waals surface area contributed by atoms with E-state index in [9.17, 15) is 9.59 Å². The van der Waals surface area contributed by atoms with Crippen LogP contribution in [0.15, 0.2) is 29.4 Å². The Morgan fingerprint density at radius 3 is 2.61 bits per heavy atom. The minimum Gasteiger partial charge on any atom is -0.382 e. The molecule has 0 radical (unpaired) electrons. The van der Waals surface area contributed by atoms with Gasteiger partial charge in [0.1, 0.15) is 6.04 Å². The number of benzene rings is 1. The normalized spacial score (nSPS) is 21.1. The number of rotatable bonds is 5. The number of carbonyl (C=O) groups is 2. The Labute approximate surface area is 135 Å². The topological polar surface area (TPSA) is 79.8 Å². The molecule has 1 fully saturated rings. The van der Waals surface area contributed by atoms with E-state index in [-0.39, 0.29) is 17.9 Å². The first-order chi connectivity index (χ1) is 11.0. The maximum absolute atomic E-state index is 12.2. The van der Waals surface area contributed by atoms with Crippen LogP contribution in [-0.4, -0.2) is 35.7 Å². The monoisotopic (exact) mass is 315 g/mol. The van der Waals surface area contributed by atoms with Crippen LogP contribution < -0.4 is 10.6 Å².